The summed E-state index contributed by atoms with van der Waals surface area (Å²) in [5, 5.41) is 1.01. The number of amides is 1. The summed E-state index contributed by atoms with van der Waals surface area (Å²) in [5.41, 5.74) is 8.16. The number of carbonyl (C=O) groups excluding carboxylic acids is 1. The third kappa shape index (κ3) is 2.80. The van der Waals surface area contributed by atoms with Crippen LogP contribution in [0.25, 0.3) is 0 Å². The number of hydrogen-bond donors (Lipinski definition) is 1. The molecule has 2 unspecified atom stereocenters. The quantitative estimate of drug-likeness (QED) is 0.793. The molecule has 3 nitrogen and oxygen atoms in total. The van der Waals surface area contributed by atoms with Gasteiger partial charge in [-0.2, -0.15) is 11.8 Å². The summed E-state index contributed by atoms with van der Waals surface area (Å²) in [5.74, 6) is 0.131. The molecule has 2 rings (SSSR count). The van der Waals surface area contributed by atoms with Crippen LogP contribution in [0.5, 0.6) is 0 Å². The summed E-state index contributed by atoms with van der Waals surface area (Å²) in [6, 6.07) is 5.49. The molecule has 1 aliphatic rings. The van der Waals surface area contributed by atoms with Crippen LogP contribution in [-0.2, 0) is 0 Å². The SMILES string of the molecule is Cc1cc(N)ccc1C(=O)N1CC(C)SC(C)C1. The molecule has 1 aromatic rings. The van der Waals surface area contributed by atoms with E-state index in [-0.39, 0.29) is 5.91 Å². The van der Waals surface area contributed by atoms with Gasteiger partial charge in [0, 0.05) is 34.8 Å². The van der Waals surface area contributed by atoms with Gasteiger partial charge in [0.1, 0.15) is 0 Å². The highest BCUT2D eigenvalue weighted by atomic mass is 32.2. The van der Waals surface area contributed by atoms with Crippen LogP contribution < -0.4 is 5.73 Å². The second-order valence-electron chi connectivity index (χ2n) is 5.04. The highest BCUT2D eigenvalue weighted by Crippen LogP contribution is 2.26. The standard InChI is InChI=1S/C14H20N2OS/c1-9-6-12(15)4-5-13(9)14(17)16-7-10(2)18-11(3)8-16/h4-6,10-11H,7-8,15H2,1-3H3. The molecular formula is C14H20N2OS. The van der Waals surface area contributed by atoms with Crippen molar-refractivity contribution < 1.29 is 4.79 Å². The van der Waals surface area contributed by atoms with Crippen molar-refractivity contribution in [2.24, 2.45) is 0 Å². The normalized spacial score (nSPS) is 24.1. The Balaban J connectivity index is 2.20. The molecule has 0 aliphatic carbocycles. The molecule has 0 radical (unpaired) electrons. The molecule has 1 aromatic carbocycles. The largest absolute Gasteiger partial charge is 0.399 e. The molecule has 1 saturated heterocycles. The van der Waals surface area contributed by atoms with Gasteiger partial charge in [-0.1, -0.05) is 13.8 Å². The summed E-state index contributed by atoms with van der Waals surface area (Å²) in [4.78, 5) is 14.5. The Labute approximate surface area is 113 Å². The zero-order chi connectivity index (χ0) is 13.3. The molecule has 4 heteroatoms. The van der Waals surface area contributed by atoms with Crippen molar-refractivity contribution in [3.8, 4) is 0 Å². The fraction of sp³-hybridized carbons (Fsp3) is 0.500. The average Bonchev–Trinajstić information content (AvgIpc) is 2.26. The lowest BCUT2D eigenvalue weighted by Gasteiger charge is -2.35. The number of nitrogen functional groups attached to an aromatic ring is 1. The maximum Gasteiger partial charge on any atom is 0.254 e. The van der Waals surface area contributed by atoms with Gasteiger partial charge in [-0.05, 0) is 30.7 Å². The molecule has 1 amide bonds. The molecule has 0 aromatic heterocycles. The Morgan fingerprint density at radius 2 is 1.94 bits per heavy atom. The molecule has 1 aliphatic heterocycles. The van der Waals surface area contributed by atoms with Crippen LogP contribution >= 0.6 is 11.8 Å². The van der Waals surface area contributed by atoms with Gasteiger partial charge in [0.25, 0.3) is 5.91 Å². The van der Waals surface area contributed by atoms with Crippen LogP contribution in [0.1, 0.15) is 29.8 Å². The number of anilines is 1. The van der Waals surface area contributed by atoms with Gasteiger partial charge in [0.15, 0.2) is 0 Å². The Morgan fingerprint density at radius 1 is 1.33 bits per heavy atom. The molecule has 18 heavy (non-hydrogen) atoms. The second kappa shape index (κ2) is 5.22. The predicted molar refractivity (Wildman–Crippen MR) is 78.0 cm³/mol. The summed E-state index contributed by atoms with van der Waals surface area (Å²) < 4.78 is 0. The molecular weight excluding hydrogens is 244 g/mol. The van der Waals surface area contributed by atoms with Crippen LogP contribution in [0.15, 0.2) is 18.2 Å². The summed E-state index contributed by atoms with van der Waals surface area (Å²) in [7, 11) is 0. The third-order valence-electron chi connectivity index (χ3n) is 3.19. The highest BCUT2D eigenvalue weighted by Gasteiger charge is 2.27. The van der Waals surface area contributed by atoms with Gasteiger partial charge in [0.2, 0.25) is 0 Å². The molecule has 98 valence electrons. The van der Waals surface area contributed by atoms with Gasteiger partial charge in [-0.25, -0.2) is 0 Å². The van der Waals surface area contributed by atoms with E-state index in [2.05, 4.69) is 13.8 Å². The third-order valence-corrected chi connectivity index (χ3v) is 4.42. The van der Waals surface area contributed by atoms with Crippen molar-refractivity contribution in [1.29, 1.82) is 0 Å². The number of rotatable bonds is 1. The van der Waals surface area contributed by atoms with Crippen LogP contribution in [0.2, 0.25) is 0 Å². The zero-order valence-corrected chi connectivity index (χ0v) is 12.0. The zero-order valence-electron chi connectivity index (χ0n) is 11.1. The minimum atomic E-state index is 0.131. The Hall–Kier alpha value is -1.16. The first kappa shape index (κ1) is 13.3. The summed E-state index contributed by atoms with van der Waals surface area (Å²) >= 11 is 1.95. The van der Waals surface area contributed by atoms with E-state index in [1.165, 1.54) is 0 Å². The van der Waals surface area contributed by atoms with Crippen molar-refractivity contribution in [3.05, 3.63) is 29.3 Å². The molecule has 0 saturated carbocycles. The fourth-order valence-corrected chi connectivity index (χ4v) is 3.77. The molecule has 1 fully saturated rings. The molecule has 0 spiro atoms. The van der Waals surface area contributed by atoms with E-state index < -0.39 is 0 Å². The van der Waals surface area contributed by atoms with Crippen molar-refractivity contribution >= 4 is 23.4 Å². The van der Waals surface area contributed by atoms with E-state index >= 15 is 0 Å². The minimum Gasteiger partial charge on any atom is -0.399 e. The van der Waals surface area contributed by atoms with Gasteiger partial charge in [-0.15, -0.1) is 0 Å². The number of hydrogen-bond acceptors (Lipinski definition) is 3. The smallest absolute Gasteiger partial charge is 0.254 e. The van der Waals surface area contributed by atoms with Gasteiger partial charge in [0.05, 0.1) is 0 Å². The maximum atomic E-state index is 12.5. The number of nitrogens with zero attached hydrogens (tertiary/aromatic N) is 1. The molecule has 1 heterocycles. The molecule has 0 bridgehead atoms. The fourth-order valence-electron chi connectivity index (χ4n) is 2.44. The van der Waals surface area contributed by atoms with Crippen LogP contribution in [0.4, 0.5) is 5.69 Å². The predicted octanol–water partition coefficient (Wildman–Crippen LogP) is 2.54. The van der Waals surface area contributed by atoms with Crippen molar-refractivity contribution in [1.82, 2.24) is 4.90 Å². The monoisotopic (exact) mass is 264 g/mol. The Morgan fingerprint density at radius 3 is 2.50 bits per heavy atom. The first-order chi connectivity index (χ1) is 8.47. The average molecular weight is 264 g/mol. The van der Waals surface area contributed by atoms with Gasteiger partial charge in [-0.3, -0.25) is 4.79 Å². The summed E-state index contributed by atoms with van der Waals surface area (Å²) in [6.45, 7) is 7.96. The van der Waals surface area contributed by atoms with Crippen LogP contribution in [0.3, 0.4) is 0 Å². The minimum absolute atomic E-state index is 0.131. The summed E-state index contributed by atoms with van der Waals surface area (Å²) in [6.07, 6.45) is 0. The van der Waals surface area contributed by atoms with Crippen LogP contribution in [-0.4, -0.2) is 34.4 Å². The van der Waals surface area contributed by atoms with E-state index in [0.29, 0.717) is 16.2 Å². The van der Waals surface area contributed by atoms with E-state index in [0.717, 1.165) is 24.2 Å². The first-order valence-electron chi connectivity index (χ1n) is 6.28. The number of carbonyl (C=O) groups is 1. The van der Waals surface area contributed by atoms with Crippen molar-refractivity contribution in [2.75, 3.05) is 18.8 Å². The first-order valence-corrected chi connectivity index (χ1v) is 7.22. The topological polar surface area (TPSA) is 46.3 Å². The maximum absolute atomic E-state index is 12.5. The highest BCUT2D eigenvalue weighted by molar-refractivity contribution is 8.00. The van der Waals surface area contributed by atoms with Gasteiger partial charge >= 0.3 is 0 Å². The van der Waals surface area contributed by atoms with Gasteiger partial charge < -0.3 is 10.6 Å². The number of benzene rings is 1. The van der Waals surface area contributed by atoms with Crippen molar-refractivity contribution in [3.63, 3.8) is 0 Å². The Bertz CT molecular complexity index is 451. The lowest BCUT2D eigenvalue weighted by atomic mass is 10.1. The van der Waals surface area contributed by atoms with Crippen LogP contribution in [0, 0.1) is 6.92 Å². The van der Waals surface area contributed by atoms with E-state index in [1.54, 1.807) is 6.07 Å². The Kier molecular flexibility index (Phi) is 3.85. The number of aryl methyl sites for hydroxylation is 1. The van der Waals surface area contributed by atoms with Crippen molar-refractivity contribution in [2.45, 2.75) is 31.3 Å². The number of nitrogens with two attached hydrogens (primary N) is 1. The van der Waals surface area contributed by atoms with E-state index in [1.807, 2.05) is 35.7 Å². The lowest BCUT2D eigenvalue weighted by Crippen LogP contribution is -2.44. The lowest BCUT2D eigenvalue weighted by molar-refractivity contribution is 0.0752. The molecule has 2 N–H and O–H groups in total. The van der Waals surface area contributed by atoms with E-state index in [4.69, 9.17) is 5.73 Å². The van der Waals surface area contributed by atoms with E-state index in [9.17, 15) is 4.79 Å². The number of thioether (sulfide) groups is 1. The molecule has 2 atom stereocenters. The second-order valence-corrected chi connectivity index (χ2v) is 6.92.